The summed E-state index contributed by atoms with van der Waals surface area (Å²) in [6.45, 7) is 4.54. The standard InChI is InChI=1S/C31H30N4O4/c1-22(35-29(36)15-13-26(32-35)25-12-14-27-28(20-25)39-21-38-27)31(37)34-18-16-33(17-19-34)30(23-8-4-2-5-9-23)24-10-6-3-7-11-24/h2-15,20,22,30H,16-19,21H2,1H3. The number of nitrogens with zero attached hydrogens (tertiary/aromatic N) is 4. The van der Waals surface area contributed by atoms with Crippen LogP contribution in [-0.4, -0.2) is 58.5 Å². The first kappa shape index (κ1) is 24.9. The molecule has 4 aromatic rings. The minimum atomic E-state index is -0.725. The van der Waals surface area contributed by atoms with Crippen LogP contribution < -0.4 is 15.0 Å². The summed E-state index contributed by atoms with van der Waals surface area (Å²) in [5, 5.41) is 4.56. The Balaban J connectivity index is 1.18. The van der Waals surface area contributed by atoms with Crippen LogP contribution >= 0.6 is 0 Å². The molecule has 0 saturated carbocycles. The molecule has 1 amide bonds. The third-order valence-electron chi connectivity index (χ3n) is 7.44. The molecule has 2 aliphatic heterocycles. The second kappa shape index (κ2) is 10.7. The fourth-order valence-corrected chi connectivity index (χ4v) is 5.37. The SMILES string of the molecule is CC(C(=O)N1CCN(C(c2ccccc2)c2ccccc2)CC1)n1nc(-c2ccc3c(c2)OCO3)ccc1=O. The number of carbonyl (C=O) groups is 1. The summed E-state index contributed by atoms with van der Waals surface area (Å²) >= 11 is 0. The Morgan fingerprint density at radius 1 is 0.795 bits per heavy atom. The maximum absolute atomic E-state index is 13.5. The van der Waals surface area contributed by atoms with E-state index in [0.29, 0.717) is 30.3 Å². The Morgan fingerprint density at radius 3 is 2.10 bits per heavy atom. The Kier molecular flexibility index (Phi) is 6.85. The Labute approximate surface area is 227 Å². The summed E-state index contributed by atoms with van der Waals surface area (Å²) in [5.74, 6) is 1.21. The Bertz CT molecular complexity index is 1480. The van der Waals surface area contributed by atoms with Crippen molar-refractivity contribution in [3.63, 3.8) is 0 Å². The van der Waals surface area contributed by atoms with Crippen molar-refractivity contribution in [1.82, 2.24) is 19.6 Å². The van der Waals surface area contributed by atoms with E-state index in [1.54, 1.807) is 13.0 Å². The molecule has 39 heavy (non-hydrogen) atoms. The van der Waals surface area contributed by atoms with E-state index in [4.69, 9.17) is 9.47 Å². The van der Waals surface area contributed by atoms with Gasteiger partial charge in [-0.2, -0.15) is 5.10 Å². The van der Waals surface area contributed by atoms with E-state index in [2.05, 4.69) is 58.5 Å². The summed E-state index contributed by atoms with van der Waals surface area (Å²) in [6, 6.07) is 29.0. The summed E-state index contributed by atoms with van der Waals surface area (Å²) in [7, 11) is 0. The van der Waals surface area contributed by atoms with Crippen molar-refractivity contribution in [1.29, 1.82) is 0 Å². The van der Waals surface area contributed by atoms with Crippen molar-refractivity contribution < 1.29 is 14.3 Å². The summed E-state index contributed by atoms with van der Waals surface area (Å²) < 4.78 is 12.2. The number of amides is 1. The van der Waals surface area contributed by atoms with Crippen LogP contribution in [0.5, 0.6) is 11.5 Å². The molecule has 2 aliphatic rings. The van der Waals surface area contributed by atoms with E-state index in [1.165, 1.54) is 21.9 Å². The highest BCUT2D eigenvalue weighted by Crippen LogP contribution is 2.35. The van der Waals surface area contributed by atoms with Gasteiger partial charge in [-0.05, 0) is 42.3 Å². The second-order valence-electron chi connectivity index (χ2n) is 9.83. The highest BCUT2D eigenvalue weighted by molar-refractivity contribution is 5.80. The van der Waals surface area contributed by atoms with Crippen LogP contribution in [0.25, 0.3) is 11.3 Å². The molecular weight excluding hydrogens is 492 g/mol. The molecule has 0 N–H and O–H groups in total. The van der Waals surface area contributed by atoms with Crippen molar-refractivity contribution >= 4 is 5.91 Å². The average Bonchev–Trinajstić information content (AvgIpc) is 3.47. The van der Waals surface area contributed by atoms with Gasteiger partial charge in [0.2, 0.25) is 12.7 Å². The number of aromatic nitrogens is 2. The van der Waals surface area contributed by atoms with Gasteiger partial charge in [0.15, 0.2) is 11.5 Å². The molecule has 1 saturated heterocycles. The van der Waals surface area contributed by atoms with Crippen LogP contribution in [0.4, 0.5) is 0 Å². The number of carbonyl (C=O) groups excluding carboxylic acids is 1. The van der Waals surface area contributed by atoms with Gasteiger partial charge in [0.1, 0.15) is 6.04 Å². The zero-order valence-electron chi connectivity index (χ0n) is 21.8. The summed E-state index contributed by atoms with van der Waals surface area (Å²) in [4.78, 5) is 30.6. The maximum Gasteiger partial charge on any atom is 0.267 e. The molecule has 3 heterocycles. The zero-order chi connectivity index (χ0) is 26.8. The number of hydrogen-bond donors (Lipinski definition) is 0. The fourth-order valence-electron chi connectivity index (χ4n) is 5.37. The fraction of sp³-hybridized carbons (Fsp3) is 0.258. The summed E-state index contributed by atoms with van der Waals surface area (Å²) in [5.41, 5.74) is 3.52. The second-order valence-corrected chi connectivity index (χ2v) is 9.83. The van der Waals surface area contributed by atoms with Gasteiger partial charge in [-0.1, -0.05) is 60.7 Å². The average molecular weight is 523 g/mol. The van der Waals surface area contributed by atoms with Gasteiger partial charge >= 0.3 is 0 Å². The van der Waals surface area contributed by atoms with Gasteiger partial charge in [-0.3, -0.25) is 14.5 Å². The molecule has 1 unspecified atom stereocenters. The molecule has 1 aromatic heterocycles. The molecule has 0 spiro atoms. The molecule has 3 aromatic carbocycles. The Morgan fingerprint density at radius 2 is 1.44 bits per heavy atom. The molecule has 198 valence electrons. The number of piperazine rings is 1. The van der Waals surface area contributed by atoms with E-state index in [1.807, 2.05) is 35.2 Å². The van der Waals surface area contributed by atoms with Gasteiger partial charge < -0.3 is 14.4 Å². The first-order valence-corrected chi connectivity index (χ1v) is 13.2. The van der Waals surface area contributed by atoms with Crippen LogP contribution in [-0.2, 0) is 4.79 Å². The first-order valence-electron chi connectivity index (χ1n) is 13.2. The van der Waals surface area contributed by atoms with Crippen LogP contribution in [0.15, 0.2) is 95.8 Å². The van der Waals surface area contributed by atoms with Gasteiger partial charge in [0.25, 0.3) is 5.56 Å². The largest absolute Gasteiger partial charge is 0.454 e. The molecule has 8 heteroatoms. The van der Waals surface area contributed by atoms with Crippen LogP contribution in [0.1, 0.15) is 30.1 Å². The van der Waals surface area contributed by atoms with Crippen molar-refractivity contribution in [3.05, 3.63) is 112 Å². The lowest BCUT2D eigenvalue weighted by atomic mass is 9.96. The quantitative estimate of drug-likeness (QED) is 0.379. The summed E-state index contributed by atoms with van der Waals surface area (Å²) in [6.07, 6.45) is 0. The van der Waals surface area contributed by atoms with Crippen LogP contribution in [0.3, 0.4) is 0 Å². The molecule has 0 bridgehead atoms. The minimum absolute atomic E-state index is 0.108. The van der Waals surface area contributed by atoms with E-state index in [-0.39, 0.29) is 24.3 Å². The van der Waals surface area contributed by atoms with Gasteiger partial charge in [-0.15, -0.1) is 0 Å². The smallest absolute Gasteiger partial charge is 0.267 e. The Hall–Kier alpha value is -4.43. The molecule has 0 aliphatic carbocycles. The van der Waals surface area contributed by atoms with Gasteiger partial charge in [0, 0.05) is 37.8 Å². The van der Waals surface area contributed by atoms with Crippen LogP contribution in [0.2, 0.25) is 0 Å². The highest BCUT2D eigenvalue weighted by atomic mass is 16.7. The highest BCUT2D eigenvalue weighted by Gasteiger charge is 2.31. The lowest BCUT2D eigenvalue weighted by Gasteiger charge is -2.40. The van der Waals surface area contributed by atoms with Crippen LogP contribution in [0, 0.1) is 0 Å². The number of fused-ring (bicyclic) bond motifs is 1. The number of ether oxygens (including phenoxy) is 2. The molecule has 6 rings (SSSR count). The van der Waals surface area contributed by atoms with Crippen molar-refractivity contribution in [2.24, 2.45) is 0 Å². The van der Waals surface area contributed by atoms with Gasteiger partial charge in [-0.25, -0.2) is 4.68 Å². The topological polar surface area (TPSA) is 76.9 Å². The predicted molar refractivity (Wildman–Crippen MR) is 148 cm³/mol. The van der Waals surface area contributed by atoms with Crippen molar-refractivity contribution in [2.45, 2.75) is 19.0 Å². The van der Waals surface area contributed by atoms with E-state index in [0.717, 1.165) is 18.7 Å². The minimum Gasteiger partial charge on any atom is -0.454 e. The molecule has 1 fully saturated rings. The molecular formula is C31H30N4O4. The van der Waals surface area contributed by atoms with E-state index < -0.39 is 6.04 Å². The third-order valence-corrected chi connectivity index (χ3v) is 7.44. The van der Waals surface area contributed by atoms with Crippen molar-refractivity contribution in [3.8, 4) is 22.8 Å². The lowest BCUT2D eigenvalue weighted by molar-refractivity contribution is -0.136. The van der Waals surface area contributed by atoms with E-state index in [9.17, 15) is 9.59 Å². The van der Waals surface area contributed by atoms with Crippen molar-refractivity contribution in [2.75, 3.05) is 33.0 Å². The molecule has 8 nitrogen and oxygen atoms in total. The molecule has 0 radical (unpaired) electrons. The third kappa shape index (κ3) is 5.03. The molecule has 1 atom stereocenters. The first-order chi connectivity index (χ1) is 19.1. The normalized spacial score (nSPS) is 15.9. The van der Waals surface area contributed by atoms with Gasteiger partial charge in [0.05, 0.1) is 11.7 Å². The number of benzene rings is 3. The monoisotopic (exact) mass is 522 g/mol. The predicted octanol–water partition coefficient (Wildman–Crippen LogP) is 4.13. The maximum atomic E-state index is 13.5. The number of rotatable bonds is 6. The number of hydrogen-bond acceptors (Lipinski definition) is 6. The zero-order valence-corrected chi connectivity index (χ0v) is 21.8. The van der Waals surface area contributed by atoms with E-state index >= 15 is 0 Å². The lowest BCUT2D eigenvalue weighted by Crippen LogP contribution is -2.52.